The Morgan fingerprint density at radius 2 is 1.79 bits per heavy atom. The number of aromatic nitrogens is 2. The van der Waals surface area contributed by atoms with Crippen LogP contribution < -0.4 is 0 Å². The molecule has 0 atom stereocenters. The lowest BCUT2D eigenvalue weighted by Gasteiger charge is -2.33. The molecule has 29 heavy (non-hydrogen) atoms. The van der Waals surface area contributed by atoms with Crippen molar-refractivity contribution in [1.82, 2.24) is 19.6 Å². The van der Waals surface area contributed by atoms with Gasteiger partial charge in [0.2, 0.25) is 0 Å². The van der Waals surface area contributed by atoms with Gasteiger partial charge in [-0.3, -0.25) is 9.48 Å². The molecule has 2 amide bonds. The van der Waals surface area contributed by atoms with Crippen molar-refractivity contribution >= 4 is 23.3 Å². The summed E-state index contributed by atoms with van der Waals surface area (Å²) in [5.74, 6) is 0.0592. The second-order valence-electron chi connectivity index (χ2n) is 6.55. The van der Waals surface area contributed by atoms with E-state index in [1.54, 1.807) is 24.0 Å². The van der Waals surface area contributed by atoms with Crippen LogP contribution in [0.15, 0.2) is 30.5 Å². The fourth-order valence-electron chi connectivity index (χ4n) is 2.91. The molecule has 2 aromatic rings. The molecule has 0 aliphatic carbocycles. The number of carbonyl (C=O) groups excluding carboxylic acids is 2. The smallest absolute Gasteiger partial charge is 0.416 e. The van der Waals surface area contributed by atoms with E-state index < -0.39 is 18.0 Å². The van der Waals surface area contributed by atoms with Gasteiger partial charge in [-0.05, 0) is 25.1 Å². The molecule has 0 aromatic carbocycles. The Labute approximate surface area is 169 Å². The lowest BCUT2D eigenvalue weighted by atomic mass is 10.3. The molecule has 0 N–H and O–H groups in total. The quantitative estimate of drug-likeness (QED) is 0.701. The Bertz CT molecular complexity index is 943. The summed E-state index contributed by atoms with van der Waals surface area (Å²) in [4.78, 5) is 28.5. The molecule has 0 saturated carbocycles. The maximum Gasteiger partial charge on any atom is 0.433 e. The van der Waals surface area contributed by atoms with Crippen LogP contribution in [0.2, 0.25) is 0 Å². The SMILES string of the molecule is C=C(C)OC(=O)N1CCN(C(=O)c2ccc(-c3cc(C(F)(F)F)n(C)n3)s2)CC1. The van der Waals surface area contributed by atoms with Crippen LogP contribution in [0.3, 0.4) is 0 Å². The summed E-state index contributed by atoms with van der Waals surface area (Å²) in [6, 6.07) is 4.12. The second kappa shape index (κ2) is 7.90. The van der Waals surface area contributed by atoms with Crippen molar-refractivity contribution in [1.29, 1.82) is 0 Å². The van der Waals surface area contributed by atoms with E-state index in [0.29, 0.717) is 41.7 Å². The van der Waals surface area contributed by atoms with Gasteiger partial charge >= 0.3 is 12.3 Å². The maximum atomic E-state index is 13.0. The van der Waals surface area contributed by atoms with Gasteiger partial charge in [0.05, 0.1) is 15.5 Å². The van der Waals surface area contributed by atoms with Gasteiger partial charge in [-0.2, -0.15) is 18.3 Å². The zero-order valence-electron chi connectivity index (χ0n) is 15.8. The summed E-state index contributed by atoms with van der Waals surface area (Å²) in [6.45, 7) is 6.41. The molecular formula is C18H19F3N4O3S. The fraction of sp³-hybridized carbons (Fsp3) is 0.389. The van der Waals surface area contributed by atoms with E-state index >= 15 is 0 Å². The van der Waals surface area contributed by atoms with Gasteiger partial charge in [-0.25, -0.2) is 4.79 Å². The average Bonchev–Trinajstić information content (AvgIpc) is 3.27. The molecule has 1 aliphatic rings. The number of aryl methyl sites for hydroxylation is 1. The molecule has 1 fully saturated rings. The molecule has 0 spiro atoms. The van der Waals surface area contributed by atoms with Crippen LogP contribution in [0.25, 0.3) is 10.6 Å². The van der Waals surface area contributed by atoms with Gasteiger partial charge in [-0.1, -0.05) is 6.58 Å². The molecule has 3 heterocycles. The molecule has 2 aromatic heterocycles. The monoisotopic (exact) mass is 428 g/mol. The highest BCUT2D eigenvalue weighted by Gasteiger charge is 2.35. The number of hydrogen-bond donors (Lipinski definition) is 0. The normalized spacial score (nSPS) is 14.8. The number of halogens is 3. The number of amides is 2. The third kappa shape index (κ3) is 4.61. The third-order valence-electron chi connectivity index (χ3n) is 4.33. The van der Waals surface area contributed by atoms with Gasteiger partial charge in [0.25, 0.3) is 5.91 Å². The van der Waals surface area contributed by atoms with Crippen molar-refractivity contribution in [3.8, 4) is 10.6 Å². The van der Waals surface area contributed by atoms with Crippen molar-refractivity contribution in [2.75, 3.05) is 26.2 Å². The zero-order valence-corrected chi connectivity index (χ0v) is 16.6. The highest BCUT2D eigenvalue weighted by molar-refractivity contribution is 7.17. The Kier molecular flexibility index (Phi) is 5.69. The summed E-state index contributed by atoms with van der Waals surface area (Å²) in [6.07, 6.45) is -5.00. The number of thiophene rings is 1. The summed E-state index contributed by atoms with van der Waals surface area (Å²) >= 11 is 1.08. The number of hydrogen-bond acceptors (Lipinski definition) is 5. The molecule has 156 valence electrons. The molecular weight excluding hydrogens is 409 g/mol. The van der Waals surface area contributed by atoms with Crippen molar-refractivity contribution in [2.45, 2.75) is 13.1 Å². The highest BCUT2D eigenvalue weighted by Crippen LogP contribution is 2.34. The van der Waals surface area contributed by atoms with Crippen LogP contribution >= 0.6 is 11.3 Å². The van der Waals surface area contributed by atoms with Crippen molar-refractivity contribution < 1.29 is 27.5 Å². The zero-order chi connectivity index (χ0) is 21.3. The van der Waals surface area contributed by atoms with Crippen molar-refractivity contribution in [3.05, 3.63) is 41.1 Å². The highest BCUT2D eigenvalue weighted by atomic mass is 32.1. The third-order valence-corrected chi connectivity index (χ3v) is 5.42. The lowest BCUT2D eigenvalue weighted by Crippen LogP contribution is -2.50. The number of alkyl halides is 3. The standard InChI is InChI=1S/C18H19F3N4O3S/c1-11(2)28-17(27)25-8-6-24(7-9-25)16(26)14-5-4-13(29-14)12-10-15(18(19,20)21)23(3)22-12/h4-5,10H,1,6-9H2,2-3H3. The number of nitrogens with zero attached hydrogens (tertiary/aromatic N) is 4. The number of carbonyl (C=O) groups is 2. The predicted molar refractivity (Wildman–Crippen MR) is 100 cm³/mol. The van der Waals surface area contributed by atoms with Crippen LogP contribution in [-0.2, 0) is 18.0 Å². The molecule has 0 bridgehead atoms. The minimum atomic E-state index is -4.50. The first-order chi connectivity index (χ1) is 13.6. The summed E-state index contributed by atoms with van der Waals surface area (Å²) in [5, 5.41) is 3.90. The Morgan fingerprint density at radius 3 is 2.34 bits per heavy atom. The molecule has 1 aliphatic heterocycles. The molecule has 1 saturated heterocycles. The minimum Gasteiger partial charge on any atom is -0.416 e. The summed E-state index contributed by atoms with van der Waals surface area (Å²) in [5.41, 5.74) is -0.692. The van der Waals surface area contributed by atoms with Gasteiger partial charge in [-0.15, -0.1) is 11.3 Å². The fourth-order valence-corrected chi connectivity index (χ4v) is 3.83. The summed E-state index contributed by atoms with van der Waals surface area (Å²) < 4.78 is 44.6. The Hall–Kier alpha value is -2.82. The van der Waals surface area contributed by atoms with Gasteiger partial charge < -0.3 is 14.5 Å². The molecule has 0 unspecified atom stereocenters. The molecule has 11 heteroatoms. The number of allylic oxidation sites excluding steroid dienone is 1. The Morgan fingerprint density at radius 1 is 1.17 bits per heavy atom. The van der Waals surface area contributed by atoms with Crippen LogP contribution in [0, 0.1) is 0 Å². The average molecular weight is 428 g/mol. The van der Waals surface area contributed by atoms with E-state index in [4.69, 9.17) is 4.74 Å². The van der Waals surface area contributed by atoms with Crippen LogP contribution in [0.1, 0.15) is 22.3 Å². The van der Waals surface area contributed by atoms with E-state index in [0.717, 1.165) is 22.1 Å². The first-order valence-corrected chi connectivity index (χ1v) is 9.51. The van der Waals surface area contributed by atoms with Crippen LogP contribution in [-0.4, -0.2) is 57.8 Å². The van der Waals surface area contributed by atoms with E-state index in [-0.39, 0.29) is 11.6 Å². The largest absolute Gasteiger partial charge is 0.433 e. The van der Waals surface area contributed by atoms with E-state index in [2.05, 4.69) is 11.7 Å². The second-order valence-corrected chi connectivity index (χ2v) is 7.63. The summed E-state index contributed by atoms with van der Waals surface area (Å²) in [7, 11) is 1.23. The maximum absolute atomic E-state index is 13.0. The lowest BCUT2D eigenvalue weighted by molar-refractivity contribution is -0.143. The predicted octanol–water partition coefficient (Wildman–Crippen LogP) is 3.60. The van der Waals surface area contributed by atoms with Crippen molar-refractivity contribution in [2.24, 2.45) is 7.05 Å². The number of ether oxygens (including phenoxy) is 1. The van der Waals surface area contributed by atoms with Crippen molar-refractivity contribution in [3.63, 3.8) is 0 Å². The van der Waals surface area contributed by atoms with E-state index in [9.17, 15) is 22.8 Å². The topological polar surface area (TPSA) is 67.7 Å². The van der Waals surface area contributed by atoms with Gasteiger partial charge in [0.1, 0.15) is 11.4 Å². The molecule has 3 rings (SSSR count). The number of piperazine rings is 1. The first kappa shape index (κ1) is 20.9. The van der Waals surface area contributed by atoms with Crippen LogP contribution in [0.5, 0.6) is 0 Å². The Balaban J connectivity index is 1.66. The first-order valence-electron chi connectivity index (χ1n) is 8.69. The number of rotatable bonds is 3. The molecule has 7 nitrogen and oxygen atoms in total. The van der Waals surface area contributed by atoms with E-state index in [1.165, 1.54) is 11.9 Å². The molecule has 0 radical (unpaired) electrons. The minimum absolute atomic E-state index is 0.163. The van der Waals surface area contributed by atoms with E-state index in [1.807, 2.05) is 0 Å². The van der Waals surface area contributed by atoms with Gasteiger partial charge in [0.15, 0.2) is 0 Å². The van der Waals surface area contributed by atoms with Gasteiger partial charge in [0, 0.05) is 33.2 Å². The van der Waals surface area contributed by atoms with Crippen LogP contribution in [0.4, 0.5) is 18.0 Å².